The molecule has 226 valence electrons. The first-order valence-corrected chi connectivity index (χ1v) is 14.3. The second kappa shape index (κ2) is 12.3. The van der Waals surface area contributed by atoms with E-state index in [2.05, 4.69) is 79.2 Å². The molecule has 43 heavy (non-hydrogen) atoms. The number of piperazine rings is 2. The van der Waals surface area contributed by atoms with E-state index < -0.39 is 12.0 Å². The summed E-state index contributed by atoms with van der Waals surface area (Å²) in [6.07, 6.45) is -4.74. The van der Waals surface area contributed by atoms with Crippen LogP contribution in [0.3, 0.4) is 0 Å². The van der Waals surface area contributed by atoms with Gasteiger partial charge in [-0.05, 0) is 33.7 Å². The van der Waals surface area contributed by atoms with Crippen molar-refractivity contribution in [3.05, 3.63) is 95.3 Å². The lowest BCUT2D eigenvalue weighted by atomic mass is 9.81. The smallest absolute Gasteiger partial charge is 0.453 e. The lowest BCUT2D eigenvalue weighted by Crippen LogP contribution is -2.66. The minimum Gasteiger partial charge on any atom is -0.496 e. The summed E-state index contributed by atoms with van der Waals surface area (Å²) < 4.78 is 53.3. The Labute approximate surface area is 248 Å². The quantitative estimate of drug-likeness (QED) is 0.329. The van der Waals surface area contributed by atoms with Gasteiger partial charge < -0.3 is 14.8 Å². The van der Waals surface area contributed by atoms with E-state index in [1.54, 1.807) is 13.2 Å². The standard InChI is InChI=1S/C31H34F3N7O2/c1-42-27-14-13-25(41-30(31(32,33)34)36-37-38-41)29(43-2)24(27)19-39-18-23-17-35-15-16-40(23)26(20-39)28(21-9-5-3-6-10-21)22-11-7-4-8-12-22/h3-14,23,26,28,35H,15-20H2,1-2H3/t23-,26?/m0/s1. The number of nitrogens with one attached hydrogen (secondary N) is 1. The molecule has 2 atom stereocenters. The highest BCUT2D eigenvalue weighted by Gasteiger charge is 2.42. The summed E-state index contributed by atoms with van der Waals surface area (Å²) in [7, 11) is 2.98. The van der Waals surface area contributed by atoms with Crippen LogP contribution in [0.2, 0.25) is 0 Å². The normalized spacial score (nSPS) is 19.8. The fourth-order valence-corrected chi connectivity index (χ4v) is 6.59. The topological polar surface area (TPSA) is 80.6 Å². The minimum atomic E-state index is -4.74. The van der Waals surface area contributed by atoms with Crippen molar-refractivity contribution in [3.63, 3.8) is 0 Å². The molecule has 0 bridgehead atoms. The summed E-state index contributed by atoms with van der Waals surface area (Å²) in [5.41, 5.74) is 3.22. The molecule has 2 aliphatic rings. The first-order chi connectivity index (χ1) is 20.9. The van der Waals surface area contributed by atoms with Gasteiger partial charge >= 0.3 is 6.18 Å². The molecular formula is C31H34F3N7O2. The lowest BCUT2D eigenvalue weighted by molar-refractivity contribution is -0.146. The fourth-order valence-electron chi connectivity index (χ4n) is 6.59. The Morgan fingerprint density at radius 2 is 1.63 bits per heavy atom. The van der Waals surface area contributed by atoms with Crippen LogP contribution >= 0.6 is 0 Å². The number of ether oxygens (including phenoxy) is 2. The minimum absolute atomic E-state index is 0.0941. The number of aromatic nitrogens is 4. The molecule has 1 aromatic heterocycles. The Kier molecular flexibility index (Phi) is 8.33. The van der Waals surface area contributed by atoms with Crippen LogP contribution in [0.5, 0.6) is 11.5 Å². The zero-order valence-electron chi connectivity index (χ0n) is 24.0. The van der Waals surface area contributed by atoms with Crippen molar-refractivity contribution >= 4 is 0 Å². The van der Waals surface area contributed by atoms with Crippen LogP contribution in [0.4, 0.5) is 13.2 Å². The monoisotopic (exact) mass is 593 g/mol. The third kappa shape index (κ3) is 5.82. The van der Waals surface area contributed by atoms with Crippen molar-refractivity contribution in [3.8, 4) is 17.2 Å². The molecule has 0 radical (unpaired) electrons. The lowest BCUT2D eigenvalue weighted by Gasteiger charge is -2.52. The molecule has 2 fully saturated rings. The van der Waals surface area contributed by atoms with E-state index in [-0.39, 0.29) is 29.4 Å². The molecule has 1 unspecified atom stereocenters. The van der Waals surface area contributed by atoms with Crippen molar-refractivity contribution in [1.29, 1.82) is 0 Å². The maximum Gasteiger partial charge on any atom is 0.453 e. The third-order valence-electron chi connectivity index (χ3n) is 8.39. The van der Waals surface area contributed by atoms with E-state index in [1.165, 1.54) is 24.3 Å². The van der Waals surface area contributed by atoms with Crippen molar-refractivity contribution in [2.24, 2.45) is 0 Å². The fraction of sp³-hybridized carbons (Fsp3) is 0.387. The van der Waals surface area contributed by atoms with Crippen molar-refractivity contribution in [1.82, 2.24) is 35.3 Å². The zero-order chi connectivity index (χ0) is 30.0. The highest BCUT2D eigenvalue weighted by Crippen LogP contribution is 2.40. The Hall–Kier alpha value is -4.00. The predicted octanol–water partition coefficient (Wildman–Crippen LogP) is 3.99. The number of halogens is 3. The molecule has 0 amide bonds. The van der Waals surface area contributed by atoms with E-state index in [0.717, 1.165) is 32.7 Å². The number of hydrogen-bond donors (Lipinski definition) is 1. The molecule has 12 heteroatoms. The molecular weight excluding hydrogens is 559 g/mol. The van der Waals surface area contributed by atoms with Crippen LogP contribution in [0.1, 0.15) is 28.4 Å². The van der Waals surface area contributed by atoms with Gasteiger partial charge in [0, 0.05) is 57.3 Å². The Morgan fingerprint density at radius 1 is 0.930 bits per heavy atom. The number of tetrazole rings is 1. The van der Waals surface area contributed by atoms with Gasteiger partial charge in [-0.2, -0.15) is 17.9 Å². The molecule has 3 aromatic carbocycles. The zero-order valence-corrected chi connectivity index (χ0v) is 24.0. The largest absolute Gasteiger partial charge is 0.496 e. The van der Waals surface area contributed by atoms with Crippen LogP contribution in [0.25, 0.3) is 5.69 Å². The molecule has 2 aliphatic heterocycles. The van der Waals surface area contributed by atoms with Gasteiger partial charge in [0.05, 0.1) is 19.8 Å². The first kappa shape index (κ1) is 29.1. The molecule has 2 saturated heterocycles. The van der Waals surface area contributed by atoms with Gasteiger partial charge in [-0.15, -0.1) is 5.10 Å². The number of alkyl halides is 3. The number of rotatable bonds is 8. The van der Waals surface area contributed by atoms with Gasteiger partial charge in [-0.3, -0.25) is 9.80 Å². The van der Waals surface area contributed by atoms with E-state index >= 15 is 0 Å². The van der Waals surface area contributed by atoms with Crippen LogP contribution in [0.15, 0.2) is 72.8 Å². The maximum atomic E-state index is 13.7. The van der Waals surface area contributed by atoms with Gasteiger partial charge in [0.15, 0.2) is 5.75 Å². The average Bonchev–Trinajstić information content (AvgIpc) is 3.53. The van der Waals surface area contributed by atoms with Gasteiger partial charge in [-0.1, -0.05) is 60.7 Å². The number of hydrogen-bond acceptors (Lipinski definition) is 8. The summed E-state index contributed by atoms with van der Waals surface area (Å²) >= 11 is 0. The molecule has 0 aliphatic carbocycles. The Bertz CT molecular complexity index is 1480. The highest BCUT2D eigenvalue weighted by molar-refractivity contribution is 5.58. The van der Waals surface area contributed by atoms with Crippen molar-refractivity contribution in [2.75, 3.05) is 46.9 Å². The van der Waals surface area contributed by atoms with Gasteiger partial charge in [0.1, 0.15) is 11.4 Å². The van der Waals surface area contributed by atoms with Crippen molar-refractivity contribution in [2.45, 2.75) is 30.7 Å². The molecule has 1 N–H and O–H groups in total. The van der Waals surface area contributed by atoms with E-state index in [1.807, 2.05) is 12.1 Å². The molecule has 0 spiro atoms. The highest BCUT2D eigenvalue weighted by atomic mass is 19.4. The number of nitrogens with zero attached hydrogens (tertiary/aromatic N) is 6. The van der Waals surface area contributed by atoms with E-state index in [4.69, 9.17) is 9.47 Å². The summed E-state index contributed by atoms with van der Waals surface area (Å²) in [5.74, 6) is -0.347. The van der Waals surface area contributed by atoms with Gasteiger partial charge in [0.2, 0.25) is 0 Å². The van der Waals surface area contributed by atoms with Crippen LogP contribution in [-0.2, 0) is 12.7 Å². The molecule has 3 heterocycles. The second-order valence-electron chi connectivity index (χ2n) is 10.9. The molecule has 4 aromatic rings. The summed E-state index contributed by atoms with van der Waals surface area (Å²) in [5, 5.41) is 13.7. The van der Waals surface area contributed by atoms with E-state index in [9.17, 15) is 13.2 Å². The SMILES string of the molecule is COc1ccc(-n2nnnc2C(F)(F)F)c(OC)c1CN1CC(C(c2ccccc2)c2ccccc2)N2CCNC[C@H]2C1. The maximum absolute atomic E-state index is 13.7. The van der Waals surface area contributed by atoms with Gasteiger partial charge in [-0.25, -0.2) is 0 Å². The van der Waals surface area contributed by atoms with Crippen LogP contribution in [-0.4, -0.2) is 89.0 Å². The predicted molar refractivity (Wildman–Crippen MR) is 154 cm³/mol. The number of methoxy groups -OCH3 is 2. The van der Waals surface area contributed by atoms with Crippen molar-refractivity contribution < 1.29 is 22.6 Å². The molecule has 0 saturated carbocycles. The summed E-state index contributed by atoms with van der Waals surface area (Å²) in [6.45, 7) is 4.61. The first-order valence-electron chi connectivity index (χ1n) is 14.3. The molecule has 6 rings (SSSR count). The Morgan fingerprint density at radius 3 is 2.26 bits per heavy atom. The van der Waals surface area contributed by atoms with Gasteiger partial charge in [0.25, 0.3) is 5.82 Å². The summed E-state index contributed by atoms with van der Waals surface area (Å²) in [4.78, 5) is 4.98. The summed E-state index contributed by atoms with van der Waals surface area (Å²) in [6, 6.07) is 24.7. The average molecular weight is 594 g/mol. The van der Waals surface area contributed by atoms with Crippen LogP contribution < -0.4 is 14.8 Å². The van der Waals surface area contributed by atoms with Crippen LogP contribution in [0, 0.1) is 0 Å². The van der Waals surface area contributed by atoms with E-state index in [0.29, 0.717) is 22.5 Å². The number of benzene rings is 3. The molecule has 9 nitrogen and oxygen atoms in total. The Balaban J connectivity index is 1.40. The number of fused-ring (bicyclic) bond motifs is 1. The third-order valence-corrected chi connectivity index (χ3v) is 8.39. The second-order valence-corrected chi connectivity index (χ2v) is 10.9.